The molecule has 1 fully saturated rings. The van der Waals surface area contributed by atoms with E-state index in [9.17, 15) is 0 Å². The zero-order valence-electron chi connectivity index (χ0n) is 14.5. The maximum absolute atomic E-state index is 6.46. The second-order valence-electron chi connectivity index (χ2n) is 6.80. The predicted octanol–water partition coefficient (Wildman–Crippen LogP) is 4.66. The van der Waals surface area contributed by atoms with Crippen molar-refractivity contribution in [2.45, 2.75) is 71.9 Å². The van der Waals surface area contributed by atoms with Crippen molar-refractivity contribution < 1.29 is 4.74 Å². The Hall–Kier alpha value is -1.02. The van der Waals surface area contributed by atoms with Crippen molar-refractivity contribution in [3.05, 3.63) is 29.3 Å². The molecule has 2 heteroatoms. The number of hydrogen-bond acceptors (Lipinski definition) is 2. The third-order valence-corrected chi connectivity index (χ3v) is 5.60. The summed E-state index contributed by atoms with van der Waals surface area (Å²) in [6.45, 7) is 11.2. The Bertz CT molecular complexity index is 476. The van der Waals surface area contributed by atoms with Crippen LogP contribution in [0.5, 0.6) is 5.75 Å². The van der Waals surface area contributed by atoms with Gasteiger partial charge in [-0.2, -0.15) is 0 Å². The zero-order valence-corrected chi connectivity index (χ0v) is 14.5. The summed E-state index contributed by atoms with van der Waals surface area (Å²) in [6, 6.07) is 7.24. The highest BCUT2D eigenvalue weighted by atomic mass is 16.5. The average Bonchev–Trinajstić information content (AvgIpc) is 2.46. The molecular formula is C19H31NO. The minimum Gasteiger partial charge on any atom is -0.489 e. The molecule has 1 aliphatic rings. The molecule has 0 bridgehead atoms. The Morgan fingerprint density at radius 2 is 1.95 bits per heavy atom. The molecule has 0 radical (unpaired) electrons. The lowest BCUT2D eigenvalue weighted by molar-refractivity contribution is -0.0838. The molecule has 0 heterocycles. The molecule has 2 nitrogen and oxygen atoms in total. The van der Waals surface area contributed by atoms with Gasteiger partial charge in [0.1, 0.15) is 11.9 Å². The van der Waals surface area contributed by atoms with Crippen molar-refractivity contribution in [1.82, 2.24) is 5.32 Å². The highest BCUT2D eigenvalue weighted by Gasteiger charge is 2.53. The van der Waals surface area contributed by atoms with Gasteiger partial charge in [0.25, 0.3) is 0 Å². The number of rotatable bonds is 6. The van der Waals surface area contributed by atoms with E-state index in [2.05, 4.69) is 65.2 Å². The third kappa shape index (κ3) is 2.83. The van der Waals surface area contributed by atoms with Gasteiger partial charge < -0.3 is 10.1 Å². The molecule has 1 aromatic rings. The van der Waals surface area contributed by atoms with E-state index in [4.69, 9.17) is 4.74 Å². The first kappa shape index (κ1) is 16.4. The van der Waals surface area contributed by atoms with Crippen LogP contribution in [0, 0.1) is 12.3 Å². The molecule has 0 aliphatic heterocycles. The van der Waals surface area contributed by atoms with Gasteiger partial charge in [-0.05, 0) is 49.9 Å². The van der Waals surface area contributed by atoms with Crippen LogP contribution in [0.25, 0.3) is 0 Å². The maximum atomic E-state index is 6.46. The summed E-state index contributed by atoms with van der Waals surface area (Å²) >= 11 is 0. The van der Waals surface area contributed by atoms with Gasteiger partial charge in [-0.15, -0.1) is 0 Å². The molecule has 2 unspecified atom stereocenters. The van der Waals surface area contributed by atoms with Gasteiger partial charge in [-0.3, -0.25) is 0 Å². The first-order valence-electron chi connectivity index (χ1n) is 8.43. The standard InChI is InChI=1S/C19H31NO/c1-7-19(8-2)17(20-6)12-18(19)21-16-11-15(13(3)4)10-9-14(16)5/h9-11,13,17-18,20H,7-8,12H2,1-6H3. The van der Waals surface area contributed by atoms with Crippen molar-refractivity contribution in [3.63, 3.8) is 0 Å². The summed E-state index contributed by atoms with van der Waals surface area (Å²) < 4.78 is 6.46. The van der Waals surface area contributed by atoms with Gasteiger partial charge in [-0.25, -0.2) is 0 Å². The molecule has 1 aliphatic carbocycles. The predicted molar refractivity (Wildman–Crippen MR) is 90.2 cm³/mol. The van der Waals surface area contributed by atoms with Crippen LogP contribution in [0.15, 0.2) is 18.2 Å². The van der Waals surface area contributed by atoms with Gasteiger partial charge in [0.2, 0.25) is 0 Å². The van der Waals surface area contributed by atoms with Crippen molar-refractivity contribution in [2.75, 3.05) is 7.05 Å². The number of ether oxygens (including phenoxy) is 1. The topological polar surface area (TPSA) is 21.3 Å². The lowest BCUT2D eigenvalue weighted by Gasteiger charge is -2.55. The fourth-order valence-electron chi connectivity index (χ4n) is 3.77. The Kier molecular flexibility index (Phi) is 4.98. The maximum Gasteiger partial charge on any atom is 0.122 e. The second kappa shape index (κ2) is 6.39. The van der Waals surface area contributed by atoms with E-state index in [1.165, 1.54) is 24.0 Å². The van der Waals surface area contributed by atoms with E-state index in [1.807, 2.05) is 0 Å². The van der Waals surface area contributed by atoms with Crippen LogP contribution in [0.2, 0.25) is 0 Å². The molecule has 118 valence electrons. The van der Waals surface area contributed by atoms with Crippen molar-refractivity contribution in [2.24, 2.45) is 5.41 Å². The molecular weight excluding hydrogens is 258 g/mol. The molecule has 0 spiro atoms. The van der Waals surface area contributed by atoms with Crippen LogP contribution in [-0.4, -0.2) is 19.2 Å². The molecule has 1 saturated carbocycles. The lowest BCUT2D eigenvalue weighted by Crippen LogP contribution is -2.63. The highest BCUT2D eigenvalue weighted by molar-refractivity contribution is 5.38. The molecule has 0 amide bonds. The van der Waals surface area contributed by atoms with Gasteiger partial charge in [0, 0.05) is 17.9 Å². The fourth-order valence-corrected chi connectivity index (χ4v) is 3.77. The van der Waals surface area contributed by atoms with Gasteiger partial charge >= 0.3 is 0 Å². The van der Waals surface area contributed by atoms with Crippen molar-refractivity contribution >= 4 is 0 Å². The molecule has 1 aromatic carbocycles. The van der Waals surface area contributed by atoms with Crippen LogP contribution in [0.1, 0.15) is 64.0 Å². The number of nitrogens with one attached hydrogen (secondary N) is 1. The molecule has 21 heavy (non-hydrogen) atoms. The van der Waals surface area contributed by atoms with E-state index in [-0.39, 0.29) is 5.41 Å². The Morgan fingerprint density at radius 3 is 2.48 bits per heavy atom. The Morgan fingerprint density at radius 1 is 1.29 bits per heavy atom. The van der Waals surface area contributed by atoms with E-state index in [0.717, 1.165) is 12.2 Å². The zero-order chi connectivity index (χ0) is 15.6. The van der Waals surface area contributed by atoms with E-state index in [0.29, 0.717) is 18.1 Å². The molecule has 2 rings (SSSR count). The van der Waals surface area contributed by atoms with E-state index < -0.39 is 0 Å². The van der Waals surface area contributed by atoms with Crippen LogP contribution in [0.3, 0.4) is 0 Å². The van der Waals surface area contributed by atoms with E-state index in [1.54, 1.807) is 0 Å². The molecule has 2 atom stereocenters. The summed E-state index contributed by atoms with van der Waals surface area (Å²) in [5, 5.41) is 3.47. The second-order valence-corrected chi connectivity index (χ2v) is 6.80. The third-order valence-electron chi connectivity index (χ3n) is 5.60. The molecule has 1 N–H and O–H groups in total. The molecule has 0 saturated heterocycles. The first-order chi connectivity index (χ1) is 9.98. The Labute approximate surface area is 130 Å². The van der Waals surface area contributed by atoms with Gasteiger partial charge in [-0.1, -0.05) is 39.8 Å². The fraction of sp³-hybridized carbons (Fsp3) is 0.684. The van der Waals surface area contributed by atoms with Crippen LogP contribution < -0.4 is 10.1 Å². The first-order valence-corrected chi connectivity index (χ1v) is 8.43. The summed E-state index contributed by atoms with van der Waals surface area (Å²) in [4.78, 5) is 0. The van der Waals surface area contributed by atoms with Crippen LogP contribution in [-0.2, 0) is 0 Å². The van der Waals surface area contributed by atoms with Crippen molar-refractivity contribution in [3.8, 4) is 5.75 Å². The van der Waals surface area contributed by atoms with Crippen LogP contribution in [0.4, 0.5) is 0 Å². The van der Waals surface area contributed by atoms with Gasteiger partial charge in [0.05, 0.1) is 0 Å². The smallest absolute Gasteiger partial charge is 0.122 e. The van der Waals surface area contributed by atoms with Crippen molar-refractivity contribution in [1.29, 1.82) is 0 Å². The van der Waals surface area contributed by atoms with E-state index >= 15 is 0 Å². The number of benzene rings is 1. The normalized spacial score (nSPS) is 24.0. The lowest BCUT2D eigenvalue weighted by atomic mass is 9.58. The minimum absolute atomic E-state index is 0.287. The minimum atomic E-state index is 0.287. The SMILES string of the molecule is CCC1(CC)C(NC)CC1Oc1cc(C(C)C)ccc1C. The summed E-state index contributed by atoms with van der Waals surface area (Å²) in [7, 11) is 2.07. The largest absolute Gasteiger partial charge is 0.489 e. The Balaban J connectivity index is 2.20. The monoisotopic (exact) mass is 289 g/mol. The van der Waals surface area contributed by atoms with Crippen LogP contribution >= 0.6 is 0 Å². The van der Waals surface area contributed by atoms with Gasteiger partial charge in [0.15, 0.2) is 0 Å². The highest BCUT2D eigenvalue weighted by Crippen LogP contribution is 2.49. The summed E-state index contributed by atoms with van der Waals surface area (Å²) in [5.74, 6) is 1.62. The number of hydrogen-bond donors (Lipinski definition) is 1. The quantitative estimate of drug-likeness (QED) is 0.822. The summed E-state index contributed by atoms with van der Waals surface area (Å²) in [6.07, 6.45) is 3.79. The summed E-state index contributed by atoms with van der Waals surface area (Å²) in [5.41, 5.74) is 2.89. The molecule has 0 aromatic heterocycles. The average molecular weight is 289 g/mol. The number of aryl methyl sites for hydroxylation is 1.